The van der Waals surface area contributed by atoms with Crippen LogP contribution in [0.4, 0.5) is 4.79 Å². The third kappa shape index (κ3) is 5.52. The summed E-state index contributed by atoms with van der Waals surface area (Å²) in [6, 6.07) is 0. The normalized spacial score (nSPS) is 8.83. The summed E-state index contributed by atoms with van der Waals surface area (Å²) in [5.74, 6) is -0.578. The number of hydrogen-bond donors (Lipinski definition) is 0. The van der Waals surface area contributed by atoms with Crippen molar-refractivity contribution >= 4 is 12.1 Å². The van der Waals surface area contributed by atoms with Crippen LogP contribution in [0.2, 0.25) is 0 Å². The zero-order chi connectivity index (χ0) is 9.40. The number of rotatable bonds is 4. The minimum atomic E-state index is -0.856. The van der Waals surface area contributed by atoms with Crippen LogP contribution in [-0.2, 0) is 19.0 Å². The lowest BCUT2D eigenvalue weighted by molar-refractivity contribution is -0.147. The lowest BCUT2D eigenvalue weighted by Crippen LogP contribution is -2.16. The van der Waals surface area contributed by atoms with Crippen molar-refractivity contribution in [2.45, 2.75) is 13.8 Å². The maximum Gasteiger partial charge on any atom is 0.508 e. The van der Waals surface area contributed by atoms with Crippen molar-refractivity contribution in [2.75, 3.05) is 19.8 Å². The molecular weight excluding hydrogens is 164 g/mol. The summed E-state index contributed by atoms with van der Waals surface area (Å²) in [4.78, 5) is 21.1. The van der Waals surface area contributed by atoms with Crippen molar-refractivity contribution in [3.05, 3.63) is 0 Å². The number of ether oxygens (including phenoxy) is 3. The highest BCUT2D eigenvalue weighted by molar-refractivity contribution is 5.73. The number of carbonyl (C=O) groups excluding carboxylic acids is 2. The van der Waals surface area contributed by atoms with Crippen LogP contribution in [-0.4, -0.2) is 31.9 Å². The Balaban J connectivity index is 3.40. The maximum absolute atomic E-state index is 10.6. The molecule has 5 nitrogen and oxygen atoms in total. The van der Waals surface area contributed by atoms with Gasteiger partial charge in [0, 0.05) is 0 Å². The molecule has 0 heterocycles. The topological polar surface area (TPSA) is 61.8 Å². The highest BCUT2D eigenvalue weighted by Gasteiger charge is 2.07. The van der Waals surface area contributed by atoms with Crippen LogP contribution in [0.25, 0.3) is 0 Å². The van der Waals surface area contributed by atoms with E-state index in [1.165, 1.54) is 0 Å². The summed E-state index contributed by atoms with van der Waals surface area (Å²) >= 11 is 0. The van der Waals surface area contributed by atoms with Crippen molar-refractivity contribution < 1.29 is 23.8 Å². The Hall–Kier alpha value is -1.26. The molecule has 0 bridgehead atoms. The minimum Gasteiger partial charge on any atom is -0.463 e. The van der Waals surface area contributed by atoms with Crippen molar-refractivity contribution in [1.29, 1.82) is 0 Å². The van der Waals surface area contributed by atoms with Crippen LogP contribution in [0.15, 0.2) is 0 Å². The molecule has 0 aromatic heterocycles. The molecule has 0 amide bonds. The van der Waals surface area contributed by atoms with Gasteiger partial charge in [0.15, 0.2) is 6.61 Å². The van der Waals surface area contributed by atoms with Crippen LogP contribution < -0.4 is 0 Å². The fraction of sp³-hybridized carbons (Fsp3) is 0.714. The van der Waals surface area contributed by atoms with Crippen molar-refractivity contribution in [1.82, 2.24) is 0 Å². The fourth-order valence-corrected chi connectivity index (χ4v) is 0.480. The van der Waals surface area contributed by atoms with Crippen LogP contribution in [0.1, 0.15) is 13.8 Å². The Morgan fingerprint density at radius 2 is 1.58 bits per heavy atom. The van der Waals surface area contributed by atoms with Gasteiger partial charge in [-0.25, -0.2) is 9.59 Å². The first-order chi connectivity index (χ1) is 5.70. The molecule has 0 spiro atoms. The van der Waals surface area contributed by atoms with E-state index in [0.717, 1.165) is 0 Å². The Bertz CT molecular complexity index is 136. The molecule has 5 heteroatoms. The first-order valence-corrected chi connectivity index (χ1v) is 3.65. The maximum atomic E-state index is 10.6. The van der Waals surface area contributed by atoms with Crippen LogP contribution in [0.5, 0.6) is 0 Å². The Morgan fingerprint density at radius 1 is 1.00 bits per heavy atom. The minimum absolute atomic E-state index is 0.224. The summed E-state index contributed by atoms with van der Waals surface area (Å²) in [6.45, 7) is 3.41. The second kappa shape index (κ2) is 6.45. The monoisotopic (exact) mass is 176 g/mol. The predicted molar refractivity (Wildman–Crippen MR) is 39.6 cm³/mol. The average Bonchev–Trinajstić information content (AvgIpc) is 2.02. The van der Waals surface area contributed by atoms with Crippen molar-refractivity contribution in [3.8, 4) is 0 Å². The van der Waals surface area contributed by atoms with Crippen LogP contribution >= 0.6 is 0 Å². The molecule has 0 aliphatic heterocycles. The molecule has 0 saturated heterocycles. The fourth-order valence-electron chi connectivity index (χ4n) is 0.480. The van der Waals surface area contributed by atoms with Gasteiger partial charge in [0.1, 0.15) is 0 Å². The largest absolute Gasteiger partial charge is 0.508 e. The third-order valence-corrected chi connectivity index (χ3v) is 0.875. The van der Waals surface area contributed by atoms with E-state index in [4.69, 9.17) is 0 Å². The molecule has 0 aromatic rings. The van der Waals surface area contributed by atoms with E-state index in [0.29, 0.717) is 0 Å². The molecule has 12 heavy (non-hydrogen) atoms. The lowest BCUT2D eigenvalue weighted by Gasteiger charge is -2.03. The van der Waals surface area contributed by atoms with Crippen LogP contribution in [0, 0.1) is 0 Å². The Kier molecular flexibility index (Phi) is 5.77. The second-order valence-electron chi connectivity index (χ2n) is 1.78. The molecule has 0 aromatic carbocycles. The predicted octanol–water partition coefficient (Wildman–Crippen LogP) is 0.723. The quantitative estimate of drug-likeness (QED) is 0.590. The summed E-state index contributed by atoms with van der Waals surface area (Å²) < 4.78 is 13.3. The molecule has 0 saturated carbocycles. The highest BCUT2D eigenvalue weighted by atomic mass is 16.7. The van der Waals surface area contributed by atoms with Gasteiger partial charge in [0.05, 0.1) is 13.2 Å². The van der Waals surface area contributed by atoms with Gasteiger partial charge < -0.3 is 14.2 Å². The summed E-state index contributed by atoms with van der Waals surface area (Å²) in [5, 5.41) is 0. The molecule has 0 aliphatic rings. The van der Waals surface area contributed by atoms with E-state index in [-0.39, 0.29) is 13.2 Å². The summed E-state index contributed by atoms with van der Waals surface area (Å²) in [7, 11) is 0. The van der Waals surface area contributed by atoms with E-state index < -0.39 is 18.7 Å². The number of carbonyl (C=O) groups is 2. The average molecular weight is 176 g/mol. The van der Waals surface area contributed by atoms with E-state index in [9.17, 15) is 9.59 Å². The molecule has 0 aliphatic carbocycles. The SMILES string of the molecule is CCOC(=O)COC(=O)OCC. The van der Waals surface area contributed by atoms with Gasteiger partial charge in [-0.1, -0.05) is 0 Å². The summed E-state index contributed by atoms with van der Waals surface area (Å²) in [5.41, 5.74) is 0. The first-order valence-electron chi connectivity index (χ1n) is 3.65. The zero-order valence-corrected chi connectivity index (χ0v) is 7.16. The second-order valence-corrected chi connectivity index (χ2v) is 1.78. The van der Waals surface area contributed by atoms with Gasteiger partial charge in [-0.05, 0) is 13.8 Å². The number of esters is 1. The molecule has 0 radical (unpaired) electrons. The Morgan fingerprint density at radius 3 is 2.08 bits per heavy atom. The van der Waals surface area contributed by atoms with E-state index in [1.807, 2.05) is 0 Å². The number of hydrogen-bond acceptors (Lipinski definition) is 5. The highest BCUT2D eigenvalue weighted by Crippen LogP contribution is 1.86. The van der Waals surface area contributed by atoms with E-state index in [2.05, 4.69) is 14.2 Å². The summed E-state index contributed by atoms with van der Waals surface area (Å²) in [6.07, 6.45) is -0.856. The van der Waals surface area contributed by atoms with Gasteiger partial charge in [0.25, 0.3) is 0 Å². The standard InChI is InChI=1S/C7H12O5/c1-3-10-6(8)5-12-7(9)11-4-2/h3-5H2,1-2H3. The molecule has 70 valence electrons. The third-order valence-electron chi connectivity index (χ3n) is 0.875. The molecule has 0 unspecified atom stereocenters. The van der Waals surface area contributed by atoms with Gasteiger partial charge in [-0.2, -0.15) is 0 Å². The lowest BCUT2D eigenvalue weighted by atomic mass is 10.7. The van der Waals surface area contributed by atoms with Gasteiger partial charge in [-0.3, -0.25) is 0 Å². The molecule has 0 atom stereocenters. The van der Waals surface area contributed by atoms with Crippen molar-refractivity contribution in [3.63, 3.8) is 0 Å². The Labute approximate surface area is 70.6 Å². The first kappa shape index (κ1) is 10.7. The van der Waals surface area contributed by atoms with Gasteiger partial charge >= 0.3 is 12.1 Å². The van der Waals surface area contributed by atoms with Crippen LogP contribution in [0.3, 0.4) is 0 Å². The van der Waals surface area contributed by atoms with Gasteiger partial charge in [0.2, 0.25) is 0 Å². The van der Waals surface area contributed by atoms with Gasteiger partial charge in [-0.15, -0.1) is 0 Å². The van der Waals surface area contributed by atoms with Crippen molar-refractivity contribution in [2.24, 2.45) is 0 Å². The zero-order valence-electron chi connectivity index (χ0n) is 7.16. The molecule has 0 fully saturated rings. The molecule has 0 rings (SSSR count). The smallest absolute Gasteiger partial charge is 0.463 e. The van der Waals surface area contributed by atoms with E-state index in [1.54, 1.807) is 13.8 Å². The molecular formula is C7H12O5. The van der Waals surface area contributed by atoms with E-state index >= 15 is 0 Å². The molecule has 0 N–H and O–H groups in total.